The minimum absolute atomic E-state index is 0.0886. The maximum atomic E-state index is 13.7. The molecule has 1 aliphatic carbocycles. The highest BCUT2D eigenvalue weighted by atomic mass is 19.3. The molecule has 0 radical (unpaired) electrons. The smallest absolute Gasteiger partial charge is 0.270 e. The molecule has 1 aromatic rings. The van der Waals surface area contributed by atoms with Gasteiger partial charge in [-0.1, -0.05) is 13.8 Å². The molecule has 7 nitrogen and oxygen atoms in total. The van der Waals surface area contributed by atoms with Gasteiger partial charge in [-0.2, -0.15) is 0 Å². The van der Waals surface area contributed by atoms with Crippen LogP contribution in [0, 0.1) is 5.92 Å². The van der Waals surface area contributed by atoms with E-state index in [0.717, 1.165) is 12.8 Å². The normalized spacial score (nSPS) is 18.2. The van der Waals surface area contributed by atoms with E-state index in [1.54, 1.807) is 11.0 Å². The summed E-state index contributed by atoms with van der Waals surface area (Å²) < 4.78 is 33.3. The number of rotatable bonds is 9. The van der Waals surface area contributed by atoms with E-state index in [1.807, 2.05) is 13.8 Å². The van der Waals surface area contributed by atoms with Gasteiger partial charge in [0.25, 0.3) is 11.8 Å². The molecule has 1 saturated heterocycles. The van der Waals surface area contributed by atoms with Crippen LogP contribution in [-0.2, 0) is 4.79 Å². The van der Waals surface area contributed by atoms with E-state index in [0.29, 0.717) is 31.1 Å². The third-order valence-electron chi connectivity index (χ3n) is 5.96. The maximum absolute atomic E-state index is 13.7. The van der Waals surface area contributed by atoms with Gasteiger partial charge in [0.15, 0.2) is 0 Å². The van der Waals surface area contributed by atoms with Gasteiger partial charge in [0, 0.05) is 20.0 Å². The summed E-state index contributed by atoms with van der Waals surface area (Å²) in [5.41, 5.74) is -0.489. The molecule has 9 heteroatoms. The fourth-order valence-corrected chi connectivity index (χ4v) is 3.65. The number of amides is 2. The van der Waals surface area contributed by atoms with Gasteiger partial charge in [0.1, 0.15) is 16.9 Å². The van der Waals surface area contributed by atoms with E-state index in [1.165, 1.54) is 13.1 Å². The first-order chi connectivity index (χ1) is 14.2. The Bertz CT molecular complexity index is 794. The number of nitrogens with zero attached hydrogens (tertiary/aromatic N) is 2. The number of pyridine rings is 1. The van der Waals surface area contributed by atoms with Crippen molar-refractivity contribution in [3.8, 4) is 5.88 Å². The number of ether oxygens (including phenoxy) is 1. The minimum atomic E-state index is -2.75. The topological polar surface area (TPSA) is 83.6 Å². The molecule has 1 aromatic heterocycles. The summed E-state index contributed by atoms with van der Waals surface area (Å²) in [6.45, 7) is 3.90. The molecular weight excluding hydrogens is 394 g/mol. The van der Waals surface area contributed by atoms with Crippen LogP contribution in [0.25, 0.3) is 0 Å². The quantitative estimate of drug-likeness (QED) is 0.637. The summed E-state index contributed by atoms with van der Waals surface area (Å²) in [5.74, 6) is -2.90. The molecule has 30 heavy (non-hydrogen) atoms. The predicted molar refractivity (Wildman–Crippen MR) is 109 cm³/mol. The van der Waals surface area contributed by atoms with Gasteiger partial charge in [0.2, 0.25) is 11.8 Å². The molecule has 2 heterocycles. The molecule has 2 N–H and O–H groups in total. The fraction of sp³-hybridized carbons (Fsp3) is 0.667. The van der Waals surface area contributed by atoms with Gasteiger partial charge >= 0.3 is 0 Å². The number of anilines is 1. The Morgan fingerprint density at radius 2 is 2.00 bits per heavy atom. The van der Waals surface area contributed by atoms with Gasteiger partial charge in [-0.05, 0) is 43.7 Å². The maximum Gasteiger partial charge on any atom is 0.270 e. The summed E-state index contributed by atoms with van der Waals surface area (Å²) in [6, 6.07) is 3.09. The average molecular weight is 424 g/mol. The summed E-state index contributed by atoms with van der Waals surface area (Å²) in [5, 5.41) is 5.39. The molecule has 3 rings (SSSR count). The Hall–Kier alpha value is -2.45. The molecule has 0 aromatic carbocycles. The molecule has 0 unspecified atom stereocenters. The second-order valence-corrected chi connectivity index (χ2v) is 8.13. The van der Waals surface area contributed by atoms with Crippen LogP contribution in [0.15, 0.2) is 12.1 Å². The molecule has 1 saturated carbocycles. The fourth-order valence-electron chi connectivity index (χ4n) is 3.65. The number of hydrogen-bond acceptors (Lipinski definition) is 5. The zero-order valence-electron chi connectivity index (χ0n) is 17.8. The lowest BCUT2D eigenvalue weighted by Crippen LogP contribution is -2.57. The van der Waals surface area contributed by atoms with Gasteiger partial charge in [0.05, 0.1) is 13.2 Å². The third-order valence-corrected chi connectivity index (χ3v) is 5.96. The zero-order valence-corrected chi connectivity index (χ0v) is 17.8. The lowest BCUT2D eigenvalue weighted by Gasteiger charge is -2.30. The van der Waals surface area contributed by atoms with Crippen molar-refractivity contribution in [2.75, 3.05) is 31.6 Å². The number of carbonyl (C=O) groups is 2. The van der Waals surface area contributed by atoms with Crippen molar-refractivity contribution < 1.29 is 23.1 Å². The summed E-state index contributed by atoms with van der Waals surface area (Å²) in [6.07, 6.45) is 2.75. The van der Waals surface area contributed by atoms with E-state index in [4.69, 9.17) is 4.74 Å². The van der Waals surface area contributed by atoms with E-state index in [2.05, 4.69) is 15.6 Å². The Balaban J connectivity index is 1.84. The van der Waals surface area contributed by atoms with Crippen LogP contribution < -0.4 is 20.3 Å². The molecule has 0 spiro atoms. The molecule has 1 aliphatic heterocycles. The average Bonchev–Trinajstić information content (AvgIpc) is 3.50. The molecule has 2 amide bonds. The van der Waals surface area contributed by atoms with E-state index in [-0.39, 0.29) is 30.4 Å². The molecular formula is C21H30F2N4O3. The van der Waals surface area contributed by atoms with Crippen molar-refractivity contribution in [1.29, 1.82) is 0 Å². The Morgan fingerprint density at radius 1 is 1.30 bits per heavy atom. The Morgan fingerprint density at radius 3 is 2.53 bits per heavy atom. The summed E-state index contributed by atoms with van der Waals surface area (Å²) >= 11 is 0. The second-order valence-electron chi connectivity index (χ2n) is 8.13. The number of aromatic nitrogens is 1. The zero-order chi connectivity index (χ0) is 21.9. The minimum Gasteiger partial charge on any atom is -0.476 e. The first kappa shape index (κ1) is 22.2. The number of likely N-dealkylation sites (N-methyl/N-ethyl adjacent to an activating group) is 1. The summed E-state index contributed by atoms with van der Waals surface area (Å²) in [7, 11) is 1.53. The predicted octanol–water partition coefficient (Wildman–Crippen LogP) is 2.75. The molecule has 2 aliphatic rings. The SMILES string of the molecule is CCC(CC)(NC(=O)c1ccc(N2CCC(F)(F)C2)c(OCC2CC2)n1)C(=O)NC. The van der Waals surface area contributed by atoms with Crippen molar-refractivity contribution >= 4 is 17.5 Å². The largest absolute Gasteiger partial charge is 0.476 e. The second kappa shape index (κ2) is 8.73. The van der Waals surface area contributed by atoms with Crippen molar-refractivity contribution in [2.24, 2.45) is 5.92 Å². The molecule has 2 fully saturated rings. The molecule has 0 bridgehead atoms. The van der Waals surface area contributed by atoms with E-state index < -0.39 is 23.9 Å². The van der Waals surface area contributed by atoms with Crippen LogP contribution in [0.3, 0.4) is 0 Å². The van der Waals surface area contributed by atoms with E-state index in [9.17, 15) is 18.4 Å². The van der Waals surface area contributed by atoms with Crippen molar-refractivity contribution in [1.82, 2.24) is 15.6 Å². The number of hydrogen-bond donors (Lipinski definition) is 2. The van der Waals surface area contributed by atoms with Crippen molar-refractivity contribution in [2.45, 2.75) is 57.4 Å². The van der Waals surface area contributed by atoms with E-state index >= 15 is 0 Å². The van der Waals surface area contributed by atoms with Gasteiger partial charge in [-0.3, -0.25) is 9.59 Å². The first-order valence-electron chi connectivity index (χ1n) is 10.5. The van der Waals surface area contributed by atoms with Crippen molar-refractivity contribution in [3.05, 3.63) is 17.8 Å². The third kappa shape index (κ3) is 4.82. The number of nitrogens with one attached hydrogen (secondary N) is 2. The number of halogens is 2. The highest BCUT2D eigenvalue weighted by Crippen LogP contribution is 2.37. The lowest BCUT2D eigenvalue weighted by atomic mass is 9.91. The standard InChI is InChI=1S/C21H30F2N4O3/c1-4-20(5-2,19(29)24-3)26-17(28)15-8-9-16(27-11-10-21(22,23)13-27)18(25-15)30-12-14-6-7-14/h8-9,14H,4-7,10-13H2,1-3H3,(H,24,29)(H,26,28). The van der Waals surface area contributed by atoms with Crippen LogP contribution in [-0.4, -0.2) is 55.0 Å². The highest BCUT2D eigenvalue weighted by Gasteiger charge is 2.40. The van der Waals surface area contributed by atoms with Gasteiger partial charge in [-0.15, -0.1) is 0 Å². The van der Waals surface area contributed by atoms with Crippen LogP contribution in [0.1, 0.15) is 56.4 Å². The summed E-state index contributed by atoms with van der Waals surface area (Å²) in [4.78, 5) is 31.1. The Labute approximate surface area is 175 Å². The van der Waals surface area contributed by atoms with Gasteiger partial charge < -0.3 is 20.3 Å². The molecule has 0 atom stereocenters. The van der Waals surface area contributed by atoms with Crippen LogP contribution in [0.4, 0.5) is 14.5 Å². The monoisotopic (exact) mass is 424 g/mol. The lowest BCUT2D eigenvalue weighted by molar-refractivity contribution is -0.127. The van der Waals surface area contributed by atoms with Gasteiger partial charge in [-0.25, -0.2) is 13.8 Å². The van der Waals surface area contributed by atoms with Crippen LogP contribution in [0.2, 0.25) is 0 Å². The highest BCUT2D eigenvalue weighted by molar-refractivity contribution is 5.98. The first-order valence-corrected chi connectivity index (χ1v) is 10.5. The Kier molecular flexibility index (Phi) is 6.47. The van der Waals surface area contributed by atoms with Crippen molar-refractivity contribution in [3.63, 3.8) is 0 Å². The number of alkyl halides is 2. The van der Waals surface area contributed by atoms with Crippen LogP contribution >= 0.6 is 0 Å². The molecule has 166 valence electrons. The van der Waals surface area contributed by atoms with Crippen LogP contribution in [0.5, 0.6) is 5.88 Å². The number of carbonyl (C=O) groups excluding carboxylic acids is 2.